The largest absolute Gasteiger partial charge is 0.455 e. The Bertz CT molecular complexity index is 995. The molecule has 0 spiro atoms. The molecular weight excluding hydrogens is 404 g/mol. The quantitative estimate of drug-likeness (QED) is 0.560. The highest BCUT2D eigenvalue weighted by atomic mass is 32.1. The molecule has 0 bridgehead atoms. The number of oxazole rings is 1. The lowest BCUT2D eigenvalue weighted by Crippen LogP contribution is -2.50. The normalized spacial score (nSPS) is 14.0. The summed E-state index contributed by atoms with van der Waals surface area (Å²) in [7, 11) is 0. The number of piperazine rings is 1. The zero-order valence-electron chi connectivity index (χ0n) is 16.6. The summed E-state index contributed by atoms with van der Waals surface area (Å²) < 4.78 is 10.8. The molecule has 156 valence electrons. The molecule has 1 aliphatic heterocycles. The smallest absolute Gasteiger partial charge is 0.312 e. The van der Waals surface area contributed by atoms with Gasteiger partial charge in [-0.05, 0) is 30.5 Å². The van der Waals surface area contributed by atoms with Crippen molar-refractivity contribution in [1.29, 1.82) is 0 Å². The van der Waals surface area contributed by atoms with Crippen molar-refractivity contribution in [3.8, 4) is 10.8 Å². The fourth-order valence-electron chi connectivity index (χ4n) is 3.24. The molecule has 0 N–H and O–H groups in total. The van der Waals surface area contributed by atoms with E-state index >= 15 is 0 Å². The topological polar surface area (TPSA) is 88.8 Å². The molecule has 8 nitrogen and oxygen atoms in total. The summed E-state index contributed by atoms with van der Waals surface area (Å²) in [5.74, 6) is 1.28. The second kappa shape index (κ2) is 9.08. The maximum Gasteiger partial charge on any atom is 0.312 e. The number of rotatable bonds is 6. The molecule has 3 aromatic rings. The summed E-state index contributed by atoms with van der Waals surface area (Å²) in [5.41, 5.74) is 0.528. The average Bonchev–Trinajstić information content (AvgIpc) is 3.43. The third-order valence-corrected chi connectivity index (χ3v) is 5.76. The lowest BCUT2D eigenvalue weighted by Gasteiger charge is -2.35. The van der Waals surface area contributed by atoms with Gasteiger partial charge in [0.25, 0.3) is 5.91 Å². The molecule has 1 fully saturated rings. The van der Waals surface area contributed by atoms with Gasteiger partial charge in [0.05, 0.1) is 17.0 Å². The standard InChI is InChI=1S/C21H22N4O4S/c1-15-16(23-21(29-15)17-5-4-12-30-17)13-20(27)28-14-19(26)25-10-8-24(9-11-25)18-6-2-3-7-22-18/h2-7,12H,8-11,13-14H2,1H3. The van der Waals surface area contributed by atoms with Crippen LogP contribution in [0.3, 0.4) is 0 Å². The molecule has 0 aliphatic carbocycles. The molecule has 9 heteroatoms. The molecule has 30 heavy (non-hydrogen) atoms. The van der Waals surface area contributed by atoms with Crippen LogP contribution in [0.25, 0.3) is 10.8 Å². The Morgan fingerprint density at radius 2 is 2.00 bits per heavy atom. The van der Waals surface area contributed by atoms with Gasteiger partial charge in [-0.2, -0.15) is 0 Å². The highest BCUT2D eigenvalue weighted by Gasteiger charge is 2.23. The van der Waals surface area contributed by atoms with Crippen LogP contribution in [0.5, 0.6) is 0 Å². The highest BCUT2D eigenvalue weighted by Crippen LogP contribution is 2.26. The van der Waals surface area contributed by atoms with Crippen molar-refractivity contribution in [3.05, 3.63) is 53.4 Å². The number of hydrogen-bond acceptors (Lipinski definition) is 8. The van der Waals surface area contributed by atoms with E-state index in [1.165, 1.54) is 11.3 Å². The number of esters is 1. The average molecular weight is 426 g/mol. The predicted molar refractivity (Wildman–Crippen MR) is 112 cm³/mol. The molecule has 0 atom stereocenters. The van der Waals surface area contributed by atoms with Crippen molar-refractivity contribution in [3.63, 3.8) is 0 Å². The molecule has 1 saturated heterocycles. The maximum absolute atomic E-state index is 12.4. The molecule has 0 saturated carbocycles. The third-order valence-electron chi connectivity index (χ3n) is 4.90. The number of hydrogen-bond donors (Lipinski definition) is 0. The van der Waals surface area contributed by atoms with E-state index < -0.39 is 5.97 Å². The first kappa shape index (κ1) is 20.1. The molecule has 3 aromatic heterocycles. The number of aromatic nitrogens is 2. The van der Waals surface area contributed by atoms with Crippen LogP contribution in [0.1, 0.15) is 11.5 Å². The molecule has 0 aromatic carbocycles. The number of pyridine rings is 1. The second-order valence-corrected chi connectivity index (χ2v) is 7.84. The summed E-state index contributed by atoms with van der Waals surface area (Å²) in [5, 5.41) is 1.94. The van der Waals surface area contributed by atoms with E-state index in [0.717, 1.165) is 10.7 Å². The van der Waals surface area contributed by atoms with Crippen LogP contribution in [0.15, 0.2) is 46.3 Å². The van der Waals surface area contributed by atoms with Gasteiger partial charge in [0.2, 0.25) is 5.89 Å². The Balaban J connectivity index is 1.24. The van der Waals surface area contributed by atoms with Gasteiger partial charge >= 0.3 is 5.97 Å². The van der Waals surface area contributed by atoms with Crippen molar-refractivity contribution in [2.45, 2.75) is 13.3 Å². The van der Waals surface area contributed by atoms with Gasteiger partial charge < -0.3 is 19.0 Å². The van der Waals surface area contributed by atoms with Gasteiger partial charge in [-0.25, -0.2) is 9.97 Å². The number of thiophene rings is 1. The van der Waals surface area contributed by atoms with Crippen molar-refractivity contribution < 1.29 is 18.7 Å². The molecule has 0 radical (unpaired) electrons. The SMILES string of the molecule is Cc1oc(-c2cccs2)nc1CC(=O)OCC(=O)N1CCN(c2ccccn2)CC1. The first-order valence-corrected chi connectivity index (χ1v) is 10.6. The summed E-state index contributed by atoms with van der Waals surface area (Å²) >= 11 is 1.52. The monoisotopic (exact) mass is 426 g/mol. The summed E-state index contributed by atoms with van der Waals surface area (Å²) in [4.78, 5) is 38.1. The van der Waals surface area contributed by atoms with Gasteiger partial charge in [0, 0.05) is 32.4 Å². The van der Waals surface area contributed by atoms with Gasteiger partial charge in [-0.15, -0.1) is 11.3 Å². The van der Waals surface area contributed by atoms with E-state index in [2.05, 4.69) is 14.9 Å². The van der Waals surface area contributed by atoms with E-state index in [1.54, 1.807) is 18.0 Å². The molecule has 4 heterocycles. The number of ether oxygens (including phenoxy) is 1. The minimum Gasteiger partial charge on any atom is -0.455 e. The number of nitrogens with zero attached hydrogens (tertiary/aromatic N) is 4. The fourth-order valence-corrected chi connectivity index (χ4v) is 3.89. The van der Waals surface area contributed by atoms with Crippen LogP contribution >= 0.6 is 11.3 Å². The zero-order chi connectivity index (χ0) is 20.9. The van der Waals surface area contributed by atoms with Crippen molar-refractivity contribution in [1.82, 2.24) is 14.9 Å². The fraction of sp³-hybridized carbons (Fsp3) is 0.333. The van der Waals surface area contributed by atoms with Crippen molar-refractivity contribution >= 4 is 29.0 Å². The molecule has 4 rings (SSSR count). The zero-order valence-corrected chi connectivity index (χ0v) is 17.4. The lowest BCUT2D eigenvalue weighted by atomic mass is 10.3. The third kappa shape index (κ3) is 4.68. The lowest BCUT2D eigenvalue weighted by molar-refractivity contribution is -0.151. The van der Waals surface area contributed by atoms with Gasteiger partial charge in [-0.3, -0.25) is 9.59 Å². The van der Waals surface area contributed by atoms with Gasteiger partial charge in [-0.1, -0.05) is 12.1 Å². The molecule has 0 unspecified atom stereocenters. The maximum atomic E-state index is 12.4. The minimum atomic E-state index is -0.496. The highest BCUT2D eigenvalue weighted by molar-refractivity contribution is 7.13. The number of carbonyl (C=O) groups is 2. The van der Waals surface area contributed by atoms with E-state index in [1.807, 2.05) is 35.7 Å². The Morgan fingerprint density at radius 1 is 1.17 bits per heavy atom. The van der Waals surface area contributed by atoms with E-state index in [-0.39, 0.29) is 18.9 Å². The summed E-state index contributed by atoms with van der Waals surface area (Å²) in [6, 6.07) is 9.59. The number of anilines is 1. The number of carbonyl (C=O) groups excluding carboxylic acids is 2. The van der Waals surface area contributed by atoms with Gasteiger partial charge in [0.15, 0.2) is 6.61 Å². The summed E-state index contributed by atoms with van der Waals surface area (Å²) in [6.07, 6.45) is 1.73. The number of amides is 1. The van der Waals surface area contributed by atoms with Crippen LogP contribution in [-0.2, 0) is 20.7 Å². The Morgan fingerprint density at radius 3 is 2.70 bits per heavy atom. The first-order valence-electron chi connectivity index (χ1n) is 9.69. The predicted octanol–water partition coefficient (Wildman–Crippen LogP) is 2.54. The van der Waals surface area contributed by atoms with Crippen LogP contribution in [0.2, 0.25) is 0 Å². The van der Waals surface area contributed by atoms with Crippen molar-refractivity contribution in [2.24, 2.45) is 0 Å². The first-order chi connectivity index (χ1) is 14.6. The van der Waals surface area contributed by atoms with Gasteiger partial charge in [0.1, 0.15) is 11.6 Å². The van der Waals surface area contributed by atoms with Crippen LogP contribution in [-0.4, -0.2) is 59.5 Å². The molecule has 1 aliphatic rings. The van der Waals surface area contributed by atoms with Crippen LogP contribution in [0, 0.1) is 6.92 Å². The molecule has 1 amide bonds. The number of aryl methyl sites for hydroxylation is 1. The van der Waals surface area contributed by atoms with Crippen molar-refractivity contribution in [2.75, 3.05) is 37.7 Å². The Kier molecular flexibility index (Phi) is 6.08. The summed E-state index contributed by atoms with van der Waals surface area (Å²) in [6.45, 7) is 4.02. The Labute approximate surface area is 178 Å². The van der Waals surface area contributed by atoms with Crippen LogP contribution < -0.4 is 4.90 Å². The van der Waals surface area contributed by atoms with E-state index in [9.17, 15) is 9.59 Å². The minimum absolute atomic E-state index is 0.0263. The molecular formula is C21H22N4O4S. The van der Waals surface area contributed by atoms with Crippen LogP contribution in [0.4, 0.5) is 5.82 Å². The Hall–Kier alpha value is -3.20. The second-order valence-electron chi connectivity index (χ2n) is 6.89. The van der Waals surface area contributed by atoms with E-state index in [0.29, 0.717) is 43.5 Å². The van der Waals surface area contributed by atoms with E-state index in [4.69, 9.17) is 9.15 Å².